The zero-order chi connectivity index (χ0) is 14.9. The Hall–Kier alpha value is -0.680. The number of allylic oxidation sites excluding steroid dienone is 1. The third-order valence-corrected chi connectivity index (χ3v) is 5.57. The molecule has 3 heterocycles. The highest BCUT2D eigenvalue weighted by Crippen LogP contribution is 2.45. The summed E-state index contributed by atoms with van der Waals surface area (Å²) in [7, 11) is 1.75. The molecule has 1 saturated heterocycles. The number of hydrogen-bond donors (Lipinski definition) is 0. The first-order chi connectivity index (χ1) is 10.1. The van der Waals surface area contributed by atoms with Crippen molar-refractivity contribution < 1.29 is 9.47 Å². The minimum Gasteiger partial charge on any atom is -0.355 e. The van der Waals surface area contributed by atoms with Gasteiger partial charge in [0.1, 0.15) is 0 Å². The maximum atomic E-state index is 6.37. The number of thiophene rings is 1. The number of ether oxygens (including phenoxy) is 2. The maximum Gasteiger partial charge on any atom is 0.163 e. The van der Waals surface area contributed by atoms with Crippen LogP contribution in [-0.2, 0) is 21.5 Å². The van der Waals surface area contributed by atoms with Crippen molar-refractivity contribution in [2.45, 2.75) is 45.0 Å². The van der Waals surface area contributed by atoms with E-state index in [9.17, 15) is 0 Å². The molecule has 1 unspecified atom stereocenters. The number of piperidine rings is 1. The van der Waals surface area contributed by atoms with Crippen LogP contribution < -0.4 is 0 Å². The Labute approximate surface area is 131 Å². The van der Waals surface area contributed by atoms with E-state index in [-0.39, 0.29) is 11.9 Å². The molecule has 0 aliphatic carbocycles. The number of rotatable bonds is 3. The van der Waals surface area contributed by atoms with Crippen LogP contribution in [0.15, 0.2) is 23.1 Å². The van der Waals surface area contributed by atoms with E-state index < -0.39 is 0 Å². The molecule has 1 spiro atoms. The van der Waals surface area contributed by atoms with Gasteiger partial charge in [0.2, 0.25) is 0 Å². The van der Waals surface area contributed by atoms with E-state index in [4.69, 9.17) is 9.47 Å². The summed E-state index contributed by atoms with van der Waals surface area (Å²) < 4.78 is 11.9. The lowest BCUT2D eigenvalue weighted by Gasteiger charge is -2.46. The van der Waals surface area contributed by atoms with Crippen LogP contribution in [0.4, 0.5) is 0 Å². The quantitative estimate of drug-likeness (QED) is 0.797. The average molecular weight is 307 g/mol. The number of likely N-dealkylation sites (tertiary alicyclic amines) is 1. The summed E-state index contributed by atoms with van der Waals surface area (Å²) in [4.78, 5) is 3.97. The molecule has 4 heteroatoms. The summed E-state index contributed by atoms with van der Waals surface area (Å²) >= 11 is 1.84. The van der Waals surface area contributed by atoms with Crippen LogP contribution in [0.3, 0.4) is 0 Å². The normalized spacial score (nSPS) is 24.8. The predicted octanol–water partition coefficient (Wildman–Crippen LogP) is 3.55. The molecule has 1 fully saturated rings. The van der Waals surface area contributed by atoms with Gasteiger partial charge in [0, 0.05) is 38.0 Å². The van der Waals surface area contributed by atoms with Gasteiger partial charge in [-0.3, -0.25) is 4.90 Å². The molecule has 21 heavy (non-hydrogen) atoms. The summed E-state index contributed by atoms with van der Waals surface area (Å²) in [6.07, 6.45) is 5.25. The summed E-state index contributed by atoms with van der Waals surface area (Å²) in [5.74, 6) is 0. The summed E-state index contributed by atoms with van der Waals surface area (Å²) in [6.45, 7) is 7.57. The van der Waals surface area contributed by atoms with Crippen molar-refractivity contribution in [2.75, 3.05) is 26.7 Å². The molecule has 0 amide bonds. The van der Waals surface area contributed by atoms with Gasteiger partial charge in [0.25, 0.3) is 0 Å². The third-order valence-electron chi connectivity index (χ3n) is 4.63. The Morgan fingerprint density at radius 1 is 1.48 bits per heavy atom. The van der Waals surface area contributed by atoms with E-state index in [0.29, 0.717) is 0 Å². The fourth-order valence-electron chi connectivity index (χ4n) is 3.34. The van der Waals surface area contributed by atoms with E-state index >= 15 is 0 Å². The van der Waals surface area contributed by atoms with E-state index in [1.165, 1.54) is 16.0 Å². The second-order valence-electron chi connectivity index (χ2n) is 6.32. The first-order valence-corrected chi connectivity index (χ1v) is 8.64. The molecule has 3 nitrogen and oxygen atoms in total. The molecule has 1 aromatic heterocycles. The van der Waals surface area contributed by atoms with E-state index in [1.807, 2.05) is 11.3 Å². The Morgan fingerprint density at radius 3 is 2.90 bits per heavy atom. The molecule has 0 bridgehead atoms. The lowest BCUT2D eigenvalue weighted by atomic mass is 9.82. The lowest BCUT2D eigenvalue weighted by Crippen LogP contribution is -2.48. The van der Waals surface area contributed by atoms with Gasteiger partial charge in [-0.25, -0.2) is 0 Å². The van der Waals surface area contributed by atoms with Crippen molar-refractivity contribution in [3.8, 4) is 0 Å². The third kappa shape index (κ3) is 3.09. The Balaban J connectivity index is 1.73. The number of fused-ring (bicyclic) bond motifs is 2. The SMILES string of the molecule is COC1Cc2sccc2C2(CCN(CC=C(C)C)CC2)O1. The molecule has 2 aliphatic rings. The van der Waals surface area contributed by atoms with Crippen LogP contribution in [0.2, 0.25) is 0 Å². The largest absolute Gasteiger partial charge is 0.355 e. The second-order valence-corrected chi connectivity index (χ2v) is 7.32. The van der Waals surface area contributed by atoms with Crippen LogP contribution in [0.1, 0.15) is 37.1 Å². The second kappa shape index (κ2) is 6.21. The van der Waals surface area contributed by atoms with Crippen molar-refractivity contribution in [2.24, 2.45) is 0 Å². The van der Waals surface area contributed by atoms with Crippen LogP contribution in [-0.4, -0.2) is 37.9 Å². The average Bonchev–Trinajstić information content (AvgIpc) is 2.96. The van der Waals surface area contributed by atoms with Crippen LogP contribution >= 0.6 is 11.3 Å². The van der Waals surface area contributed by atoms with E-state index in [2.05, 4.69) is 36.3 Å². The van der Waals surface area contributed by atoms with Crippen molar-refractivity contribution in [3.05, 3.63) is 33.5 Å². The van der Waals surface area contributed by atoms with Crippen molar-refractivity contribution in [3.63, 3.8) is 0 Å². The Bertz CT molecular complexity index is 511. The Kier molecular flexibility index (Phi) is 4.50. The van der Waals surface area contributed by atoms with Crippen LogP contribution in [0.25, 0.3) is 0 Å². The topological polar surface area (TPSA) is 21.7 Å². The van der Waals surface area contributed by atoms with Crippen molar-refractivity contribution >= 4 is 11.3 Å². The highest BCUT2D eigenvalue weighted by molar-refractivity contribution is 7.10. The molecule has 1 atom stereocenters. The van der Waals surface area contributed by atoms with Gasteiger partial charge in [-0.05, 0) is 43.7 Å². The summed E-state index contributed by atoms with van der Waals surface area (Å²) in [5.41, 5.74) is 2.70. The van der Waals surface area contributed by atoms with Gasteiger partial charge in [-0.1, -0.05) is 11.6 Å². The van der Waals surface area contributed by atoms with Gasteiger partial charge < -0.3 is 9.47 Å². The number of hydrogen-bond acceptors (Lipinski definition) is 4. The zero-order valence-electron chi connectivity index (χ0n) is 13.2. The zero-order valence-corrected chi connectivity index (χ0v) is 14.0. The molecular formula is C17H25NO2S. The lowest BCUT2D eigenvalue weighted by molar-refractivity contribution is -0.226. The van der Waals surface area contributed by atoms with Crippen molar-refractivity contribution in [1.82, 2.24) is 4.90 Å². The fourth-order valence-corrected chi connectivity index (χ4v) is 4.32. The van der Waals surface area contributed by atoms with Gasteiger partial charge in [-0.2, -0.15) is 0 Å². The summed E-state index contributed by atoms with van der Waals surface area (Å²) in [6, 6.07) is 2.26. The van der Waals surface area contributed by atoms with Gasteiger partial charge >= 0.3 is 0 Å². The van der Waals surface area contributed by atoms with Crippen LogP contribution in [0, 0.1) is 0 Å². The summed E-state index contributed by atoms with van der Waals surface area (Å²) in [5, 5.41) is 2.20. The number of nitrogens with zero attached hydrogens (tertiary/aromatic N) is 1. The molecule has 1 aromatic rings. The maximum absolute atomic E-state index is 6.37. The monoisotopic (exact) mass is 307 g/mol. The van der Waals surface area contributed by atoms with E-state index in [1.54, 1.807) is 7.11 Å². The molecule has 2 aliphatic heterocycles. The molecule has 116 valence electrons. The smallest absolute Gasteiger partial charge is 0.163 e. The predicted molar refractivity (Wildman–Crippen MR) is 86.7 cm³/mol. The fraction of sp³-hybridized carbons (Fsp3) is 0.647. The molecule has 3 rings (SSSR count). The number of methoxy groups -OCH3 is 1. The van der Waals surface area contributed by atoms with Gasteiger partial charge in [-0.15, -0.1) is 11.3 Å². The van der Waals surface area contributed by atoms with Crippen LogP contribution in [0.5, 0.6) is 0 Å². The molecule has 0 radical (unpaired) electrons. The van der Waals surface area contributed by atoms with Crippen molar-refractivity contribution in [1.29, 1.82) is 0 Å². The molecule has 0 N–H and O–H groups in total. The minimum absolute atomic E-state index is 0.0829. The first kappa shape index (κ1) is 15.2. The molecule has 0 saturated carbocycles. The van der Waals surface area contributed by atoms with E-state index in [0.717, 1.165) is 38.9 Å². The highest BCUT2D eigenvalue weighted by atomic mass is 32.1. The standard InChI is InChI=1S/C17H25NO2S/c1-13(2)4-8-18-9-6-17(7-10-18)14-5-11-21-15(14)12-16(19-3)20-17/h4-5,11,16H,6-10,12H2,1-3H3. The molecule has 0 aromatic carbocycles. The van der Waals surface area contributed by atoms with Gasteiger partial charge in [0.05, 0.1) is 5.60 Å². The minimum atomic E-state index is -0.115. The molecular weight excluding hydrogens is 282 g/mol. The van der Waals surface area contributed by atoms with Gasteiger partial charge in [0.15, 0.2) is 6.29 Å². The highest BCUT2D eigenvalue weighted by Gasteiger charge is 2.44. The Morgan fingerprint density at radius 2 is 2.24 bits per heavy atom. The first-order valence-electron chi connectivity index (χ1n) is 7.76.